The molecule has 0 spiro atoms. The molecule has 0 saturated carbocycles. The second-order valence-corrected chi connectivity index (χ2v) is 13.0. The third-order valence-electron chi connectivity index (χ3n) is 7.09. The van der Waals surface area contributed by atoms with E-state index >= 15 is 0 Å². The summed E-state index contributed by atoms with van der Waals surface area (Å²) in [5.74, 6) is 2.50. The van der Waals surface area contributed by atoms with Crippen molar-refractivity contribution in [3.63, 3.8) is 0 Å². The van der Waals surface area contributed by atoms with Crippen LogP contribution in [0.1, 0.15) is 46.0 Å². The lowest BCUT2D eigenvalue weighted by Gasteiger charge is -2.42. The van der Waals surface area contributed by atoms with Crippen molar-refractivity contribution in [1.29, 1.82) is 0 Å². The molecule has 2 aliphatic heterocycles. The maximum Gasteiger partial charge on any atom is 0.128 e. The molecule has 2 aliphatic rings. The Morgan fingerprint density at radius 3 is 2.51 bits per heavy atom. The highest BCUT2D eigenvalue weighted by Gasteiger charge is 2.57. The van der Waals surface area contributed by atoms with Gasteiger partial charge in [0.05, 0.1) is 19.7 Å². The SMILES string of the molecule is C=Cc1cc(CC2=CC=C[P+]3(C)c4cc(/C=C\C=C/C)ccc4C23)ccc1C=Cc1ccccc1. The number of hydrogen-bond donors (Lipinski definition) is 0. The molecule has 3 aromatic rings. The molecule has 172 valence electrons. The molecule has 0 aromatic heterocycles. The summed E-state index contributed by atoms with van der Waals surface area (Å²) < 4.78 is 0. The fraction of sp³-hybridized carbons (Fsp3) is 0.118. The van der Waals surface area contributed by atoms with Crippen LogP contribution in [0.4, 0.5) is 0 Å². The van der Waals surface area contributed by atoms with Gasteiger partial charge >= 0.3 is 0 Å². The molecule has 3 aromatic carbocycles. The topological polar surface area (TPSA) is 0 Å². The normalized spacial score (nSPS) is 20.6. The molecule has 2 atom stereocenters. The van der Waals surface area contributed by atoms with E-state index in [0.717, 1.165) is 6.42 Å². The minimum Gasteiger partial charge on any atom is -0.0984 e. The molecular weight excluding hydrogens is 439 g/mol. The quantitative estimate of drug-likeness (QED) is 0.183. The summed E-state index contributed by atoms with van der Waals surface area (Å²) in [6, 6.07) is 24.3. The van der Waals surface area contributed by atoms with Gasteiger partial charge in [0.15, 0.2) is 0 Å². The largest absolute Gasteiger partial charge is 0.128 e. The Bertz CT molecular complexity index is 1400. The van der Waals surface area contributed by atoms with Gasteiger partial charge in [-0.15, -0.1) is 0 Å². The molecule has 0 radical (unpaired) electrons. The number of rotatable bonds is 7. The van der Waals surface area contributed by atoms with E-state index in [2.05, 4.69) is 128 Å². The van der Waals surface area contributed by atoms with E-state index in [4.69, 9.17) is 0 Å². The lowest BCUT2D eigenvalue weighted by Crippen LogP contribution is -2.34. The van der Waals surface area contributed by atoms with Gasteiger partial charge in [-0.2, -0.15) is 0 Å². The smallest absolute Gasteiger partial charge is 0.0984 e. The Kier molecular flexibility index (Phi) is 6.67. The molecule has 0 N–H and O–H groups in total. The summed E-state index contributed by atoms with van der Waals surface area (Å²) >= 11 is 0. The van der Waals surface area contributed by atoms with Crippen molar-refractivity contribution in [3.8, 4) is 0 Å². The van der Waals surface area contributed by atoms with Crippen molar-refractivity contribution in [3.05, 3.63) is 148 Å². The first-order valence-corrected chi connectivity index (χ1v) is 14.7. The standard InChI is InChI=1S/C34H32P/c1-4-6-8-14-27-18-21-32-33(25-27)35(3)22-11-15-31(34(32)35)24-28-17-20-30(29(5-2)23-28)19-16-26-12-9-7-10-13-26/h4-23,25,34H,2,24H2,1,3H3/q+1/b6-4-,14-8-,19-16?. The van der Waals surface area contributed by atoms with Gasteiger partial charge in [0.1, 0.15) is 11.0 Å². The third-order valence-corrected chi connectivity index (χ3v) is 11.0. The average Bonchev–Trinajstić information content (AvgIpc) is 2.88. The Morgan fingerprint density at radius 2 is 1.71 bits per heavy atom. The monoisotopic (exact) mass is 471 g/mol. The Labute approximate surface area is 210 Å². The molecule has 0 fully saturated rings. The molecule has 2 unspecified atom stereocenters. The zero-order chi connectivity index (χ0) is 24.3. The van der Waals surface area contributed by atoms with Crippen molar-refractivity contribution >= 4 is 36.9 Å². The van der Waals surface area contributed by atoms with Crippen molar-refractivity contribution in [1.82, 2.24) is 0 Å². The third kappa shape index (κ3) is 4.60. The number of fused-ring (bicyclic) bond motifs is 4. The predicted octanol–water partition coefficient (Wildman–Crippen LogP) is 9.11. The highest BCUT2D eigenvalue weighted by atomic mass is 31.2. The van der Waals surface area contributed by atoms with Gasteiger partial charge < -0.3 is 0 Å². The second-order valence-electron chi connectivity index (χ2n) is 9.42. The minimum absolute atomic E-state index is 0.556. The molecule has 0 bridgehead atoms. The molecule has 0 aliphatic carbocycles. The fourth-order valence-electron chi connectivity index (χ4n) is 5.30. The fourth-order valence-corrected chi connectivity index (χ4v) is 9.01. The van der Waals surface area contributed by atoms with E-state index in [9.17, 15) is 0 Å². The molecular formula is C34H32P+. The Balaban J connectivity index is 1.38. The summed E-state index contributed by atoms with van der Waals surface area (Å²) in [7, 11) is -1.30. The lowest BCUT2D eigenvalue weighted by atomic mass is 9.93. The van der Waals surface area contributed by atoms with E-state index in [1.165, 1.54) is 39.0 Å². The lowest BCUT2D eigenvalue weighted by molar-refractivity contribution is 0.977. The molecule has 1 heteroatoms. The van der Waals surface area contributed by atoms with Gasteiger partial charge in [0, 0.05) is 5.56 Å². The van der Waals surface area contributed by atoms with Crippen LogP contribution >= 0.6 is 7.26 Å². The van der Waals surface area contributed by atoms with Crippen LogP contribution in [0.3, 0.4) is 0 Å². The summed E-state index contributed by atoms with van der Waals surface area (Å²) in [6.45, 7) is 8.63. The van der Waals surface area contributed by atoms with Crippen LogP contribution in [-0.4, -0.2) is 6.66 Å². The maximum absolute atomic E-state index is 4.08. The summed E-state index contributed by atoms with van der Waals surface area (Å²) in [6.07, 6.45) is 20.4. The van der Waals surface area contributed by atoms with Crippen LogP contribution in [0.2, 0.25) is 0 Å². The summed E-state index contributed by atoms with van der Waals surface area (Å²) in [5.41, 5.74) is 9.85. The molecule has 0 nitrogen and oxygen atoms in total. The van der Waals surface area contributed by atoms with Gasteiger partial charge in [0.2, 0.25) is 0 Å². The highest BCUT2D eigenvalue weighted by molar-refractivity contribution is 7.87. The van der Waals surface area contributed by atoms with E-state index < -0.39 is 7.26 Å². The summed E-state index contributed by atoms with van der Waals surface area (Å²) in [5, 5.41) is 1.57. The zero-order valence-electron chi connectivity index (χ0n) is 20.6. The number of hydrogen-bond acceptors (Lipinski definition) is 0. The van der Waals surface area contributed by atoms with Crippen LogP contribution in [0.15, 0.2) is 115 Å². The van der Waals surface area contributed by atoms with Gasteiger partial charge in [-0.3, -0.25) is 0 Å². The molecule has 5 rings (SSSR count). The Morgan fingerprint density at radius 1 is 0.857 bits per heavy atom. The molecule has 0 amide bonds. The second kappa shape index (κ2) is 10.0. The van der Waals surface area contributed by atoms with Crippen LogP contribution in [-0.2, 0) is 6.42 Å². The first-order chi connectivity index (χ1) is 17.1. The zero-order valence-corrected chi connectivity index (χ0v) is 21.5. The molecule has 35 heavy (non-hydrogen) atoms. The van der Waals surface area contributed by atoms with Gasteiger partial charge in [-0.1, -0.05) is 116 Å². The van der Waals surface area contributed by atoms with Crippen molar-refractivity contribution < 1.29 is 0 Å². The first kappa shape index (κ1) is 23.3. The number of allylic oxidation sites excluding steroid dienone is 6. The van der Waals surface area contributed by atoms with Gasteiger partial charge in [-0.05, 0) is 58.9 Å². The van der Waals surface area contributed by atoms with Crippen LogP contribution < -0.4 is 5.30 Å². The van der Waals surface area contributed by atoms with E-state index in [1.807, 2.05) is 19.1 Å². The average molecular weight is 472 g/mol. The molecule has 0 saturated heterocycles. The summed E-state index contributed by atoms with van der Waals surface area (Å²) in [4.78, 5) is 0. The van der Waals surface area contributed by atoms with Crippen LogP contribution in [0, 0.1) is 0 Å². The van der Waals surface area contributed by atoms with E-state index in [1.54, 1.807) is 5.30 Å². The predicted molar refractivity (Wildman–Crippen MR) is 158 cm³/mol. The maximum atomic E-state index is 4.08. The van der Waals surface area contributed by atoms with Crippen molar-refractivity contribution in [2.45, 2.75) is 19.0 Å². The van der Waals surface area contributed by atoms with Gasteiger partial charge in [0.25, 0.3) is 0 Å². The Hall–Kier alpha value is -3.47. The van der Waals surface area contributed by atoms with Crippen LogP contribution in [0.25, 0.3) is 24.3 Å². The van der Waals surface area contributed by atoms with E-state index in [0.29, 0.717) is 5.66 Å². The highest BCUT2D eigenvalue weighted by Crippen LogP contribution is 2.78. The first-order valence-electron chi connectivity index (χ1n) is 12.3. The van der Waals surface area contributed by atoms with E-state index in [-0.39, 0.29) is 0 Å². The van der Waals surface area contributed by atoms with Crippen LogP contribution in [0.5, 0.6) is 0 Å². The minimum atomic E-state index is -1.30. The van der Waals surface area contributed by atoms with Crippen molar-refractivity contribution in [2.24, 2.45) is 0 Å². The molecule has 2 heterocycles. The number of benzene rings is 3. The van der Waals surface area contributed by atoms with Crippen molar-refractivity contribution in [2.75, 3.05) is 6.66 Å². The van der Waals surface area contributed by atoms with Gasteiger partial charge in [-0.25, -0.2) is 0 Å².